The van der Waals surface area contributed by atoms with Crippen molar-refractivity contribution in [3.63, 3.8) is 0 Å². The Bertz CT molecular complexity index is 182. The predicted molar refractivity (Wildman–Crippen MR) is 34.3 cm³/mol. The summed E-state index contributed by atoms with van der Waals surface area (Å²) in [5.74, 6) is -0.267. The van der Waals surface area contributed by atoms with Crippen LogP contribution in [-0.2, 0) is 9.84 Å². The van der Waals surface area contributed by atoms with Crippen LogP contribution in [0.2, 0.25) is 0 Å². The van der Waals surface area contributed by atoms with Gasteiger partial charge in [-0.3, -0.25) is 0 Å². The van der Waals surface area contributed by atoms with Gasteiger partial charge in [0.2, 0.25) is 0 Å². The summed E-state index contributed by atoms with van der Waals surface area (Å²) in [7, 11) is -3.03. The molecule has 1 fully saturated rings. The standard InChI is InChI=1S/C4H7ClO3S/c5-3-1-9(7,8)2-4(3)6/h3-4,6H,1-2H2/t3-,4-/m1/s1. The van der Waals surface area contributed by atoms with E-state index >= 15 is 0 Å². The SMILES string of the molecule is O=S1(=O)C[C@@H](O)[C@H](Cl)C1. The molecule has 0 radical (unpaired) electrons. The third kappa shape index (κ3) is 1.56. The van der Waals surface area contributed by atoms with Crippen molar-refractivity contribution in [2.75, 3.05) is 11.5 Å². The van der Waals surface area contributed by atoms with Crippen molar-refractivity contribution < 1.29 is 13.5 Å². The highest BCUT2D eigenvalue weighted by Gasteiger charge is 2.34. The first-order valence-corrected chi connectivity index (χ1v) is 4.79. The molecule has 3 nitrogen and oxygen atoms in total. The van der Waals surface area contributed by atoms with Gasteiger partial charge in [0.25, 0.3) is 0 Å². The summed E-state index contributed by atoms with van der Waals surface area (Å²) in [6.45, 7) is 0. The maximum Gasteiger partial charge on any atom is 0.154 e. The number of alkyl halides is 1. The van der Waals surface area contributed by atoms with Gasteiger partial charge in [0, 0.05) is 0 Å². The lowest BCUT2D eigenvalue weighted by Crippen LogP contribution is -2.16. The number of hydrogen-bond acceptors (Lipinski definition) is 3. The lowest BCUT2D eigenvalue weighted by atomic mass is 10.3. The Morgan fingerprint density at radius 3 is 2.11 bits per heavy atom. The zero-order valence-corrected chi connectivity index (χ0v) is 6.19. The lowest BCUT2D eigenvalue weighted by molar-refractivity contribution is 0.205. The molecule has 0 saturated carbocycles. The van der Waals surface area contributed by atoms with Crippen molar-refractivity contribution in [2.45, 2.75) is 11.5 Å². The monoisotopic (exact) mass is 170 g/mol. The summed E-state index contributed by atoms with van der Waals surface area (Å²) in [6, 6.07) is 0. The van der Waals surface area contributed by atoms with Gasteiger partial charge in [-0.1, -0.05) is 0 Å². The fraction of sp³-hybridized carbons (Fsp3) is 1.00. The molecule has 54 valence electrons. The molecule has 5 heteroatoms. The minimum absolute atomic E-state index is 0.0876. The Balaban J connectivity index is 2.77. The van der Waals surface area contributed by atoms with E-state index in [4.69, 9.17) is 16.7 Å². The lowest BCUT2D eigenvalue weighted by Gasteiger charge is -1.99. The molecule has 0 bridgehead atoms. The van der Waals surface area contributed by atoms with Crippen molar-refractivity contribution in [3.05, 3.63) is 0 Å². The second-order valence-corrected chi connectivity index (χ2v) is 4.87. The van der Waals surface area contributed by atoms with E-state index in [1.807, 2.05) is 0 Å². The first-order valence-electron chi connectivity index (χ1n) is 2.54. The maximum absolute atomic E-state index is 10.6. The first-order chi connectivity index (χ1) is 4.01. The second kappa shape index (κ2) is 2.11. The maximum atomic E-state index is 10.6. The molecular formula is C4H7ClO3S. The Morgan fingerprint density at radius 1 is 1.44 bits per heavy atom. The topological polar surface area (TPSA) is 54.4 Å². The van der Waals surface area contributed by atoms with Crippen LogP contribution < -0.4 is 0 Å². The largest absolute Gasteiger partial charge is 0.390 e. The van der Waals surface area contributed by atoms with E-state index in [1.165, 1.54) is 0 Å². The van der Waals surface area contributed by atoms with Gasteiger partial charge < -0.3 is 5.11 Å². The second-order valence-electron chi connectivity index (χ2n) is 2.16. The molecule has 1 heterocycles. The average Bonchev–Trinajstić information content (AvgIpc) is 1.79. The van der Waals surface area contributed by atoms with Crippen LogP contribution in [0, 0.1) is 0 Å². The van der Waals surface area contributed by atoms with Gasteiger partial charge in [0.05, 0.1) is 23.0 Å². The van der Waals surface area contributed by atoms with E-state index in [2.05, 4.69) is 0 Å². The van der Waals surface area contributed by atoms with E-state index in [9.17, 15) is 8.42 Å². The molecule has 0 spiro atoms. The first kappa shape index (κ1) is 7.31. The Kier molecular flexibility index (Phi) is 1.71. The Morgan fingerprint density at radius 2 is 2.00 bits per heavy atom. The highest BCUT2D eigenvalue weighted by molar-refractivity contribution is 7.91. The third-order valence-corrected chi connectivity index (χ3v) is 3.60. The zero-order chi connectivity index (χ0) is 7.07. The highest BCUT2D eigenvalue weighted by atomic mass is 35.5. The molecule has 1 aliphatic heterocycles. The smallest absolute Gasteiger partial charge is 0.154 e. The molecule has 1 aliphatic rings. The van der Waals surface area contributed by atoms with Gasteiger partial charge >= 0.3 is 0 Å². The molecule has 0 aliphatic carbocycles. The van der Waals surface area contributed by atoms with Crippen molar-refractivity contribution in [1.29, 1.82) is 0 Å². The molecule has 0 aromatic carbocycles. The van der Waals surface area contributed by atoms with Gasteiger partial charge in [0.15, 0.2) is 9.84 Å². The van der Waals surface area contributed by atoms with Crippen LogP contribution in [0.5, 0.6) is 0 Å². The minimum Gasteiger partial charge on any atom is -0.390 e. The molecule has 0 amide bonds. The number of sulfone groups is 1. The normalized spacial score (nSPS) is 41.1. The quantitative estimate of drug-likeness (QED) is 0.494. The van der Waals surface area contributed by atoms with Gasteiger partial charge in [-0.05, 0) is 0 Å². The Labute approximate surface area is 58.6 Å². The van der Waals surface area contributed by atoms with Gasteiger partial charge in [-0.2, -0.15) is 0 Å². The molecule has 0 aromatic heterocycles. The van der Waals surface area contributed by atoms with Crippen LogP contribution in [0.15, 0.2) is 0 Å². The van der Waals surface area contributed by atoms with E-state index in [0.29, 0.717) is 0 Å². The van der Waals surface area contributed by atoms with E-state index in [1.54, 1.807) is 0 Å². The summed E-state index contributed by atoms with van der Waals surface area (Å²) in [4.78, 5) is 0. The van der Waals surface area contributed by atoms with Crippen LogP contribution in [0.25, 0.3) is 0 Å². The van der Waals surface area contributed by atoms with Crippen LogP contribution in [-0.4, -0.2) is 36.5 Å². The summed E-state index contributed by atoms with van der Waals surface area (Å²) in [6.07, 6.45) is -0.864. The van der Waals surface area contributed by atoms with Gasteiger partial charge in [-0.25, -0.2) is 8.42 Å². The number of rotatable bonds is 0. The number of hydrogen-bond donors (Lipinski definition) is 1. The number of aliphatic hydroxyl groups excluding tert-OH is 1. The van der Waals surface area contributed by atoms with Crippen molar-refractivity contribution in [3.8, 4) is 0 Å². The van der Waals surface area contributed by atoms with E-state index in [0.717, 1.165) is 0 Å². The average molecular weight is 171 g/mol. The van der Waals surface area contributed by atoms with Crippen LogP contribution in [0.1, 0.15) is 0 Å². The fourth-order valence-corrected chi connectivity index (χ4v) is 3.15. The molecule has 9 heavy (non-hydrogen) atoms. The van der Waals surface area contributed by atoms with Gasteiger partial charge in [0.1, 0.15) is 0 Å². The van der Waals surface area contributed by atoms with Crippen molar-refractivity contribution in [1.82, 2.24) is 0 Å². The van der Waals surface area contributed by atoms with Crippen LogP contribution in [0.3, 0.4) is 0 Å². The van der Waals surface area contributed by atoms with Crippen LogP contribution >= 0.6 is 11.6 Å². The Hall–Kier alpha value is 0.200. The number of halogens is 1. The highest BCUT2D eigenvalue weighted by Crippen LogP contribution is 2.16. The summed E-state index contributed by atoms with van der Waals surface area (Å²) < 4.78 is 21.2. The summed E-state index contributed by atoms with van der Waals surface area (Å²) >= 11 is 5.42. The van der Waals surface area contributed by atoms with Crippen LogP contribution in [0.4, 0.5) is 0 Å². The molecule has 0 aromatic rings. The third-order valence-electron chi connectivity index (χ3n) is 1.26. The summed E-state index contributed by atoms with van der Waals surface area (Å²) in [5, 5.41) is 8.22. The molecule has 1 saturated heterocycles. The summed E-state index contributed by atoms with van der Waals surface area (Å²) in [5.41, 5.74) is 0. The predicted octanol–water partition coefficient (Wildman–Crippen LogP) is -0.617. The zero-order valence-electron chi connectivity index (χ0n) is 4.62. The van der Waals surface area contributed by atoms with Crippen molar-refractivity contribution >= 4 is 21.4 Å². The minimum atomic E-state index is -3.03. The van der Waals surface area contributed by atoms with Gasteiger partial charge in [-0.15, -0.1) is 11.6 Å². The van der Waals surface area contributed by atoms with E-state index in [-0.39, 0.29) is 11.5 Å². The molecule has 1 N–H and O–H groups in total. The van der Waals surface area contributed by atoms with Crippen molar-refractivity contribution in [2.24, 2.45) is 0 Å². The molecule has 2 atom stereocenters. The number of aliphatic hydroxyl groups is 1. The fourth-order valence-electron chi connectivity index (χ4n) is 0.786. The molecule has 1 rings (SSSR count). The van der Waals surface area contributed by atoms with E-state index < -0.39 is 21.3 Å². The molecular weight excluding hydrogens is 164 g/mol. The molecule has 0 unspecified atom stereocenters.